The Morgan fingerprint density at radius 3 is 1.94 bits per heavy atom. The minimum atomic E-state index is 0.296. The molecule has 0 fully saturated rings. The lowest BCUT2D eigenvalue weighted by Crippen LogP contribution is -2.43. The molecule has 0 radical (unpaired) electrons. The largest absolute Gasteiger partial charge is 0.382 e. The predicted molar refractivity (Wildman–Crippen MR) is 141 cm³/mol. The predicted octanol–water partition coefficient (Wildman–Crippen LogP) is 6.49. The summed E-state index contributed by atoms with van der Waals surface area (Å²) < 4.78 is 16.3. The Balaban J connectivity index is 2.24. The second-order valence-corrected chi connectivity index (χ2v) is 9.11. The zero-order valence-corrected chi connectivity index (χ0v) is 21.5. The van der Waals surface area contributed by atoms with E-state index in [1.807, 2.05) is 6.08 Å². The zero-order chi connectivity index (χ0) is 24.6. The van der Waals surface area contributed by atoms with Crippen molar-refractivity contribution in [2.24, 2.45) is 11.8 Å². The van der Waals surface area contributed by atoms with Crippen LogP contribution in [-0.4, -0.2) is 44.7 Å². The highest BCUT2D eigenvalue weighted by Gasteiger charge is 2.29. The van der Waals surface area contributed by atoms with Gasteiger partial charge in [-0.3, -0.25) is 4.90 Å². The first-order valence-corrected chi connectivity index (χ1v) is 12.3. The number of benzene rings is 2. The molecule has 0 spiro atoms. The number of nitrogens with zero attached hydrogens (tertiary/aromatic N) is 1. The maximum absolute atomic E-state index is 5.82. The zero-order valence-electron chi connectivity index (χ0n) is 21.5. The number of hydrogen-bond acceptors (Lipinski definition) is 4. The van der Waals surface area contributed by atoms with Crippen LogP contribution in [0.25, 0.3) is 0 Å². The topological polar surface area (TPSA) is 30.9 Å². The van der Waals surface area contributed by atoms with Gasteiger partial charge < -0.3 is 14.2 Å². The quantitative estimate of drug-likeness (QED) is 0.152. The molecule has 0 aliphatic heterocycles. The van der Waals surface area contributed by atoms with Crippen LogP contribution in [0.4, 0.5) is 0 Å². The molecule has 4 nitrogen and oxygen atoms in total. The lowest BCUT2D eigenvalue weighted by molar-refractivity contribution is -0.0697. The van der Waals surface area contributed by atoms with Crippen molar-refractivity contribution in [3.63, 3.8) is 0 Å². The number of hydrogen-bond donors (Lipinski definition) is 0. The van der Waals surface area contributed by atoms with Gasteiger partial charge in [0.1, 0.15) is 6.79 Å². The van der Waals surface area contributed by atoms with Crippen LogP contribution in [0.2, 0.25) is 0 Å². The van der Waals surface area contributed by atoms with Crippen molar-refractivity contribution in [1.29, 1.82) is 0 Å². The Morgan fingerprint density at radius 2 is 1.44 bits per heavy atom. The van der Waals surface area contributed by atoms with Gasteiger partial charge >= 0.3 is 0 Å². The fourth-order valence-electron chi connectivity index (χ4n) is 4.39. The third-order valence-corrected chi connectivity index (χ3v) is 5.99. The summed E-state index contributed by atoms with van der Waals surface area (Å²) in [4.78, 5) is 2.63. The molecule has 186 valence electrons. The van der Waals surface area contributed by atoms with Crippen molar-refractivity contribution in [3.05, 3.63) is 96.1 Å². The summed E-state index contributed by atoms with van der Waals surface area (Å²) in [5.74, 6) is 0.786. The second kappa shape index (κ2) is 16.4. The van der Waals surface area contributed by atoms with Gasteiger partial charge in [-0.2, -0.15) is 0 Å². The van der Waals surface area contributed by atoms with Crippen LogP contribution in [0.3, 0.4) is 0 Å². The van der Waals surface area contributed by atoms with Gasteiger partial charge in [0.25, 0.3) is 0 Å². The first-order valence-electron chi connectivity index (χ1n) is 12.3. The molecule has 0 aliphatic carbocycles. The van der Waals surface area contributed by atoms with E-state index in [2.05, 4.69) is 99.0 Å². The Hall–Kier alpha value is -2.24. The first-order chi connectivity index (χ1) is 16.5. The van der Waals surface area contributed by atoms with E-state index in [4.69, 9.17) is 14.2 Å². The van der Waals surface area contributed by atoms with Crippen LogP contribution in [0.5, 0.6) is 0 Å². The standard InChI is InChI=1S/C30H43NO3/c1-6-26(4)21-29(17-18-33-24-34-20-19-32-5)30(25(2)3)31(22-27-13-9-7-10-14-27)23-28-15-11-8-12-16-28/h6-16,21,25,29-30H,1,17-20,22-24H2,2-5H3/b26-21+/t29-,30+/m1/s1. The maximum atomic E-state index is 5.82. The Labute approximate surface area is 207 Å². The lowest BCUT2D eigenvalue weighted by Gasteiger charge is -2.39. The van der Waals surface area contributed by atoms with Crippen LogP contribution >= 0.6 is 0 Å². The van der Waals surface area contributed by atoms with Crippen LogP contribution in [-0.2, 0) is 27.3 Å². The molecule has 2 aromatic carbocycles. The molecule has 0 bridgehead atoms. The van der Waals surface area contributed by atoms with Crippen LogP contribution < -0.4 is 0 Å². The molecular weight excluding hydrogens is 422 g/mol. The van der Waals surface area contributed by atoms with Crippen molar-refractivity contribution in [2.75, 3.05) is 33.7 Å². The molecule has 0 unspecified atom stereocenters. The average molecular weight is 466 g/mol. The minimum absolute atomic E-state index is 0.296. The molecule has 0 amide bonds. The number of ether oxygens (including phenoxy) is 3. The van der Waals surface area contributed by atoms with Crippen molar-refractivity contribution in [2.45, 2.75) is 46.3 Å². The third kappa shape index (κ3) is 10.4. The highest BCUT2D eigenvalue weighted by Crippen LogP contribution is 2.28. The van der Waals surface area contributed by atoms with Gasteiger partial charge in [0.2, 0.25) is 0 Å². The summed E-state index contributed by atoms with van der Waals surface area (Å²) in [5, 5.41) is 0. The lowest BCUT2D eigenvalue weighted by atomic mass is 9.84. The van der Waals surface area contributed by atoms with Crippen molar-refractivity contribution >= 4 is 0 Å². The average Bonchev–Trinajstić information content (AvgIpc) is 2.84. The van der Waals surface area contributed by atoms with E-state index in [0.717, 1.165) is 19.5 Å². The molecule has 4 heteroatoms. The van der Waals surface area contributed by atoms with E-state index in [-0.39, 0.29) is 0 Å². The maximum Gasteiger partial charge on any atom is 0.146 e. The molecule has 0 saturated carbocycles. The number of allylic oxidation sites excluding steroid dienone is 2. The third-order valence-electron chi connectivity index (χ3n) is 5.99. The van der Waals surface area contributed by atoms with Gasteiger partial charge in [0.15, 0.2) is 0 Å². The molecule has 0 saturated heterocycles. The van der Waals surface area contributed by atoms with E-state index in [1.54, 1.807) is 7.11 Å². The fraction of sp³-hybridized carbons (Fsp3) is 0.467. The van der Waals surface area contributed by atoms with Crippen molar-refractivity contribution < 1.29 is 14.2 Å². The molecule has 0 aromatic heterocycles. The monoisotopic (exact) mass is 465 g/mol. The minimum Gasteiger partial charge on any atom is -0.382 e. The summed E-state index contributed by atoms with van der Waals surface area (Å²) in [6, 6.07) is 21.9. The molecule has 0 N–H and O–H groups in total. The smallest absolute Gasteiger partial charge is 0.146 e. The van der Waals surface area contributed by atoms with E-state index in [1.165, 1.54) is 16.7 Å². The Bertz CT molecular complexity index is 778. The number of methoxy groups -OCH3 is 1. The van der Waals surface area contributed by atoms with Gasteiger partial charge in [-0.1, -0.05) is 98.8 Å². The molecule has 2 atom stereocenters. The molecule has 34 heavy (non-hydrogen) atoms. The van der Waals surface area contributed by atoms with Crippen LogP contribution in [0, 0.1) is 11.8 Å². The van der Waals surface area contributed by atoms with Crippen LogP contribution in [0.1, 0.15) is 38.3 Å². The molecule has 2 rings (SSSR count). The van der Waals surface area contributed by atoms with E-state index in [9.17, 15) is 0 Å². The van der Waals surface area contributed by atoms with E-state index >= 15 is 0 Å². The molecular formula is C30H43NO3. The van der Waals surface area contributed by atoms with E-state index < -0.39 is 0 Å². The fourth-order valence-corrected chi connectivity index (χ4v) is 4.39. The van der Waals surface area contributed by atoms with Crippen molar-refractivity contribution in [1.82, 2.24) is 4.90 Å². The Morgan fingerprint density at radius 1 is 0.882 bits per heavy atom. The normalized spacial score (nSPS) is 13.9. The van der Waals surface area contributed by atoms with Gasteiger partial charge in [-0.05, 0) is 36.3 Å². The van der Waals surface area contributed by atoms with Gasteiger partial charge in [-0.15, -0.1) is 0 Å². The van der Waals surface area contributed by atoms with Gasteiger partial charge in [-0.25, -0.2) is 0 Å². The van der Waals surface area contributed by atoms with E-state index in [0.29, 0.717) is 44.5 Å². The highest BCUT2D eigenvalue weighted by molar-refractivity contribution is 5.19. The highest BCUT2D eigenvalue weighted by atomic mass is 16.7. The molecule has 2 aromatic rings. The number of rotatable bonds is 17. The summed E-state index contributed by atoms with van der Waals surface area (Å²) in [5.41, 5.74) is 3.86. The summed E-state index contributed by atoms with van der Waals surface area (Å²) in [6.07, 6.45) is 5.23. The Kier molecular flexibility index (Phi) is 13.5. The second-order valence-electron chi connectivity index (χ2n) is 9.11. The first kappa shape index (κ1) is 28.0. The summed E-state index contributed by atoms with van der Waals surface area (Å²) in [7, 11) is 1.67. The van der Waals surface area contributed by atoms with Crippen molar-refractivity contribution in [3.8, 4) is 0 Å². The summed E-state index contributed by atoms with van der Waals surface area (Å²) in [6.45, 7) is 14.6. The molecule has 0 heterocycles. The summed E-state index contributed by atoms with van der Waals surface area (Å²) >= 11 is 0. The van der Waals surface area contributed by atoms with Gasteiger partial charge in [0, 0.05) is 26.2 Å². The molecule has 0 aliphatic rings. The SMILES string of the molecule is C=C/C(C)=C/[C@@H](CCOCOCCOC)[C@H](C(C)C)N(Cc1ccccc1)Cc1ccccc1. The van der Waals surface area contributed by atoms with Crippen LogP contribution in [0.15, 0.2) is 85.0 Å². The van der Waals surface area contributed by atoms with Gasteiger partial charge in [0.05, 0.1) is 19.8 Å².